The number of carbonyl (C=O) groups excluding carboxylic acids is 1. The number of aliphatic carboxylic acids is 1. The first-order chi connectivity index (χ1) is 16.9. The Morgan fingerprint density at radius 1 is 1.14 bits per heavy atom. The second-order valence-electron chi connectivity index (χ2n) is 10.2. The predicted molar refractivity (Wildman–Crippen MR) is 132 cm³/mol. The number of aliphatic hydroxyl groups is 1. The van der Waals surface area contributed by atoms with Gasteiger partial charge in [0.25, 0.3) is 0 Å². The fraction of sp³-hybridized carbons (Fsp3) is 0.714. The predicted octanol–water partition coefficient (Wildman–Crippen LogP) is 4.56. The van der Waals surface area contributed by atoms with Crippen LogP contribution in [-0.2, 0) is 31.9 Å². The molecule has 5 atom stereocenters. The number of carboxylic acid groups (broad SMARTS) is 1. The molecule has 1 aromatic carbocycles. The summed E-state index contributed by atoms with van der Waals surface area (Å²) < 4.78 is 16.4. The van der Waals surface area contributed by atoms with Gasteiger partial charge in [0.1, 0.15) is 11.9 Å². The van der Waals surface area contributed by atoms with Gasteiger partial charge in [-0.05, 0) is 86.3 Å². The van der Waals surface area contributed by atoms with Crippen LogP contribution in [0.25, 0.3) is 0 Å². The number of esters is 1. The van der Waals surface area contributed by atoms with Gasteiger partial charge in [-0.3, -0.25) is 4.79 Å². The molecular weight excluding hydrogens is 448 g/mol. The van der Waals surface area contributed by atoms with Gasteiger partial charge < -0.3 is 24.4 Å². The largest absolute Gasteiger partial charge is 0.482 e. The molecule has 35 heavy (non-hydrogen) atoms. The maximum absolute atomic E-state index is 12.3. The van der Waals surface area contributed by atoms with Gasteiger partial charge in [-0.15, -0.1) is 0 Å². The number of carbonyl (C=O) groups is 2. The minimum atomic E-state index is -0.986. The quantitative estimate of drug-likeness (QED) is 0.274. The van der Waals surface area contributed by atoms with Crippen LogP contribution in [0.3, 0.4) is 0 Å². The third-order valence-electron chi connectivity index (χ3n) is 7.68. The van der Waals surface area contributed by atoms with Crippen LogP contribution in [0.5, 0.6) is 5.75 Å². The molecule has 0 saturated heterocycles. The summed E-state index contributed by atoms with van der Waals surface area (Å²) in [7, 11) is 1.63. The van der Waals surface area contributed by atoms with Crippen molar-refractivity contribution in [3.05, 3.63) is 29.3 Å². The van der Waals surface area contributed by atoms with E-state index < -0.39 is 5.97 Å². The summed E-state index contributed by atoms with van der Waals surface area (Å²) in [5.74, 6) is 0.415. The lowest BCUT2D eigenvalue weighted by Gasteiger charge is -2.32. The zero-order chi connectivity index (χ0) is 25.2. The number of benzene rings is 1. The van der Waals surface area contributed by atoms with Crippen LogP contribution in [0.2, 0.25) is 0 Å². The number of carboxylic acids is 1. The normalized spacial score (nSPS) is 23.9. The van der Waals surface area contributed by atoms with Gasteiger partial charge in [-0.1, -0.05) is 31.9 Å². The molecule has 2 aliphatic rings. The lowest BCUT2D eigenvalue weighted by atomic mass is 9.73. The monoisotopic (exact) mass is 490 g/mol. The standard InChI is InChI=1S/C28H42O7/c1-3-4-5-9-21(35-28(32)11-7-14-33-2)12-13-22-23-15-19-8-6-10-26(34-18-27(30)31)24(19)16-20(23)17-25(22)29/h6,8,10,20-23,25,29H,3-5,7,9,11-18H2,1-2H3,(H,30,31)/t20-,21-,22+,23-,25+/m0/s1. The van der Waals surface area contributed by atoms with Gasteiger partial charge in [-0.2, -0.15) is 0 Å². The molecule has 0 amide bonds. The van der Waals surface area contributed by atoms with E-state index in [1.807, 2.05) is 12.1 Å². The van der Waals surface area contributed by atoms with Crippen LogP contribution >= 0.6 is 0 Å². The first kappa shape index (κ1) is 27.5. The minimum Gasteiger partial charge on any atom is -0.482 e. The van der Waals surface area contributed by atoms with E-state index in [0.717, 1.165) is 63.4 Å². The summed E-state index contributed by atoms with van der Waals surface area (Å²) >= 11 is 0. The highest BCUT2D eigenvalue weighted by Gasteiger charge is 2.45. The van der Waals surface area contributed by atoms with Gasteiger partial charge in [0, 0.05) is 20.1 Å². The molecule has 7 heteroatoms. The molecule has 2 aliphatic carbocycles. The Kier molecular flexibility index (Phi) is 10.9. The van der Waals surface area contributed by atoms with Crippen LogP contribution in [0.4, 0.5) is 0 Å². The third-order valence-corrected chi connectivity index (χ3v) is 7.68. The van der Waals surface area contributed by atoms with E-state index in [1.165, 1.54) is 5.56 Å². The second kappa shape index (κ2) is 13.8. The smallest absolute Gasteiger partial charge is 0.341 e. The molecule has 0 heterocycles. The van der Waals surface area contributed by atoms with Gasteiger partial charge >= 0.3 is 11.9 Å². The SMILES string of the molecule is CCCCC[C@@H](CC[C@@H]1[C@H]2Cc3cccc(OCC(=O)O)c3C[C@H]2C[C@H]1O)OC(=O)CCCOC. The molecule has 0 aromatic heterocycles. The molecule has 0 unspecified atom stereocenters. The Labute approximate surface area is 209 Å². The van der Waals surface area contributed by atoms with E-state index in [4.69, 9.17) is 19.3 Å². The zero-order valence-corrected chi connectivity index (χ0v) is 21.2. The van der Waals surface area contributed by atoms with Gasteiger partial charge in [-0.25, -0.2) is 4.79 Å². The maximum Gasteiger partial charge on any atom is 0.341 e. The number of methoxy groups -OCH3 is 1. The van der Waals surface area contributed by atoms with E-state index >= 15 is 0 Å². The fourth-order valence-corrected chi connectivity index (χ4v) is 5.95. The van der Waals surface area contributed by atoms with Crippen molar-refractivity contribution in [2.45, 2.75) is 89.8 Å². The Bertz CT molecular complexity index is 824. The Morgan fingerprint density at radius 3 is 2.71 bits per heavy atom. The van der Waals surface area contributed by atoms with Crippen molar-refractivity contribution in [1.29, 1.82) is 0 Å². The number of hydrogen-bond donors (Lipinski definition) is 2. The summed E-state index contributed by atoms with van der Waals surface area (Å²) in [6, 6.07) is 5.85. The first-order valence-electron chi connectivity index (χ1n) is 13.2. The van der Waals surface area contributed by atoms with Crippen molar-refractivity contribution in [2.75, 3.05) is 20.3 Å². The summed E-state index contributed by atoms with van der Waals surface area (Å²) in [5, 5.41) is 19.9. The third kappa shape index (κ3) is 7.94. The van der Waals surface area contributed by atoms with Crippen molar-refractivity contribution in [3.63, 3.8) is 0 Å². The van der Waals surface area contributed by atoms with Crippen LogP contribution in [0.15, 0.2) is 18.2 Å². The van der Waals surface area contributed by atoms with Crippen molar-refractivity contribution < 1.29 is 34.0 Å². The molecule has 0 spiro atoms. The molecule has 0 bridgehead atoms. The van der Waals surface area contributed by atoms with Crippen molar-refractivity contribution in [1.82, 2.24) is 0 Å². The van der Waals surface area contributed by atoms with Crippen LogP contribution in [0, 0.1) is 17.8 Å². The van der Waals surface area contributed by atoms with Gasteiger partial charge in [0.05, 0.1) is 6.10 Å². The van der Waals surface area contributed by atoms with E-state index in [0.29, 0.717) is 37.0 Å². The molecule has 3 rings (SSSR count). The highest BCUT2D eigenvalue weighted by molar-refractivity contribution is 5.69. The van der Waals surface area contributed by atoms with E-state index in [1.54, 1.807) is 7.11 Å². The lowest BCUT2D eigenvalue weighted by Crippen LogP contribution is -2.29. The number of unbranched alkanes of at least 4 members (excludes halogenated alkanes) is 2. The number of rotatable bonds is 15. The molecule has 1 saturated carbocycles. The first-order valence-corrected chi connectivity index (χ1v) is 13.2. The Morgan fingerprint density at radius 2 is 1.97 bits per heavy atom. The van der Waals surface area contributed by atoms with E-state index in [2.05, 4.69) is 13.0 Å². The molecule has 1 aromatic rings. The van der Waals surface area contributed by atoms with Crippen LogP contribution in [0.1, 0.15) is 75.8 Å². The van der Waals surface area contributed by atoms with E-state index in [-0.39, 0.29) is 30.7 Å². The summed E-state index contributed by atoms with van der Waals surface area (Å²) in [5.41, 5.74) is 2.28. The topological polar surface area (TPSA) is 102 Å². The highest BCUT2D eigenvalue weighted by atomic mass is 16.5. The van der Waals surface area contributed by atoms with Crippen LogP contribution < -0.4 is 4.74 Å². The highest BCUT2D eigenvalue weighted by Crippen LogP contribution is 2.48. The lowest BCUT2D eigenvalue weighted by molar-refractivity contribution is -0.150. The molecule has 1 fully saturated rings. The van der Waals surface area contributed by atoms with Gasteiger partial charge in [0.15, 0.2) is 6.61 Å². The summed E-state index contributed by atoms with van der Waals surface area (Å²) in [4.78, 5) is 23.3. The number of hydrogen-bond acceptors (Lipinski definition) is 6. The van der Waals surface area contributed by atoms with Gasteiger partial charge in [0.2, 0.25) is 0 Å². The zero-order valence-electron chi connectivity index (χ0n) is 21.2. The fourth-order valence-electron chi connectivity index (χ4n) is 5.95. The van der Waals surface area contributed by atoms with Crippen molar-refractivity contribution in [3.8, 4) is 5.75 Å². The molecular formula is C28H42O7. The molecule has 2 N–H and O–H groups in total. The van der Waals surface area contributed by atoms with Crippen molar-refractivity contribution in [2.24, 2.45) is 17.8 Å². The molecule has 7 nitrogen and oxygen atoms in total. The summed E-state index contributed by atoms with van der Waals surface area (Å²) in [6.45, 7) is 2.37. The average molecular weight is 491 g/mol. The van der Waals surface area contributed by atoms with E-state index in [9.17, 15) is 14.7 Å². The molecule has 0 aliphatic heterocycles. The molecule has 196 valence electrons. The average Bonchev–Trinajstić information content (AvgIpc) is 3.13. The van der Waals surface area contributed by atoms with Crippen LogP contribution in [-0.4, -0.2) is 54.7 Å². The summed E-state index contributed by atoms with van der Waals surface area (Å²) in [6.07, 6.45) is 8.76. The number of ether oxygens (including phenoxy) is 3. The Hall–Kier alpha value is -2.12. The number of aliphatic hydroxyl groups excluding tert-OH is 1. The second-order valence-corrected chi connectivity index (χ2v) is 10.2. The van der Waals surface area contributed by atoms with Crippen molar-refractivity contribution >= 4 is 11.9 Å². The molecule has 0 radical (unpaired) electrons. The number of fused-ring (bicyclic) bond motifs is 2. The maximum atomic E-state index is 12.3. The minimum absolute atomic E-state index is 0.102. The Balaban J connectivity index is 1.61.